The molecule has 6 heteroatoms. The van der Waals surface area contributed by atoms with Crippen LogP contribution in [0.2, 0.25) is 0 Å². The minimum Gasteiger partial charge on any atom is -0.492 e. The van der Waals surface area contributed by atoms with E-state index in [0.29, 0.717) is 28.2 Å². The molecule has 1 aromatic carbocycles. The van der Waals surface area contributed by atoms with Crippen LogP contribution in [0.15, 0.2) is 40.1 Å². The lowest BCUT2D eigenvalue weighted by atomic mass is 10.1. The molecule has 1 aromatic heterocycles. The van der Waals surface area contributed by atoms with Crippen molar-refractivity contribution in [1.82, 2.24) is 4.73 Å². The first-order valence-corrected chi connectivity index (χ1v) is 6.36. The predicted octanol–water partition coefficient (Wildman–Crippen LogP) is 1.64. The van der Waals surface area contributed by atoms with Crippen LogP contribution in [-0.4, -0.2) is 22.7 Å². The summed E-state index contributed by atoms with van der Waals surface area (Å²) in [7, 11) is 1.31. The van der Waals surface area contributed by atoms with Crippen molar-refractivity contribution in [3.05, 3.63) is 51.8 Å². The third-order valence-electron chi connectivity index (χ3n) is 3.12. The lowest BCUT2D eigenvalue weighted by Gasteiger charge is -2.13. The Hall–Kier alpha value is -2.76. The monoisotopic (exact) mass is 287 g/mol. The summed E-state index contributed by atoms with van der Waals surface area (Å²) in [6.45, 7) is 3.46. The van der Waals surface area contributed by atoms with E-state index in [0.717, 1.165) is 4.73 Å². The largest absolute Gasteiger partial charge is 0.492 e. The molecular formula is C15H17N3O3. The van der Waals surface area contributed by atoms with Crippen LogP contribution in [0.25, 0.3) is 0 Å². The van der Waals surface area contributed by atoms with Gasteiger partial charge >= 0.3 is 0 Å². The van der Waals surface area contributed by atoms with Gasteiger partial charge in [-0.25, -0.2) is 0 Å². The van der Waals surface area contributed by atoms with Gasteiger partial charge in [-0.2, -0.15) is 0 Å². The van der Waals surface area contributed by atoms with Gasteiger partial charge in [0, 0.05) is 6.07 Å². The third-order valence-corrected chi connectivity index (χ3v) is 3.12. The molecule has 0 unspecified atom stereocenters. The molecule has 0 radical (unpaired) electrons. The van der Waals surface area contributed by atoms with Crippen LogP contribution >= 0.6 is 0 Å². The fourth-order valence-corrected chi connectivity index (χ4v) is 2.15. The molecule has 0 aliphatic rings. The number of para-hydroxylation sites is 2. The molecule has 0 aliphatic carbocycles. The molecule has 2 aromatic rings. The number of nitrogen functional groups attached to an aromatic ring is 1. The summed E-state index contributed by atoms with van der Waals surface area (Å²) in [5.41, 5.74) is 8.14. The fourth-order valence-electron chi connectivity index (χ4n) is 2.15. The van der Waals surface area contributed by atoms with E-state index in [1.807, 2.05) is 12.1 Å². The molecular weight excluding hydrogens is 270 g/mol. The number of hydrogen-bond acceptors (Lipinski definition) is 5. The van der Waals surface area contributed by atoms with Crippen LogP contribution in [0.1, 0.15) is 18.1 Å². The Morgan fingerprint density at radius 1 is 1.38 bits per heavy atom. The second kappa shape index (κ2) is 5.70. The first-order valence-electron chi connectivity index (χ1n) is 6.36. The van der Waals surface area contributed by atoms with Gasteiger partial charge in [-0.05, 0) is 31.5 Å². The average molecular weight is 287 g/mol. The maximum Gasteiger partial charge on any atom is 0.286 e. The summed E-state index contributed by atoms with van der Waals surface area (Å²) >= 11 is 0. The highest BCUT2D eigenvalue weighted by Gasteiger charge is 2.16. The topological polar surface area (TPSA) is 89.8 Å². The number of benzene rings is 1. The average Bonchev–Trinajstić information content (AvgIpc) is 2.41. The zero-order valence-corrected chi connectivity index (χ0v) is 12.1. The van der Waals surface area contributed by atoms with Crippen LogP contribution in [0, 0.1) is 6.92 Å². The quantitative estimate of drug-likeness (QED) is 0.663. The molecule has 0 atom stereocenters. The van der Waals surface area contributed by atoms with E-state index in [2.05, 4.69) is 4.99 Å². The van der Waals surface area contributed by atoms with E-state index in [1.165, 1.54) is 13.2 Å². The van der Waals surface area contributed by atoms with Crippen LogP contribution < -0.4 is 16.1 Å². The molecule has 21 heavy (non-hydrogen) atoms. The summed E-state index contributed by atoms with van der Waals surface area (Å²) in [5.74, 6) is -0.279. The molecule has 0 saturated heterocycles. The summed E-state index contributed by atoms with van der Waals surface area (Å²) in [6, 6.07) is 8.54. The summed E-state index contributed by atoms with van der Waals surface area (Å²) in [6.07, 6.45) is 0. The molecule has 0 amide bonds. The van der Waals surface area contributed by atoms with Crippen LogP contribution in [0.4, 0.5) is 11.4 Å². The third kappa shape index (κ3) is 2.74. The number of nitrogens with two attached hydrogens (primary N) is 1. The van der Waals surface area contributed by atoms with E-state index < -0.39 is 5.56 Å². The second-order valence-corrected chi connectivity index (χ2v) is 4.60. The molecule has 0 fully saturated rings. The molecule has 6 nitrogen and oxygen atoms in total. The zero-order chi connectivity index (χ0) is 15.6. The lowest BCUT2D eigenvalue weighted by Crippen LogP contribution is -2.26. The van der Waals surface area contributed by atoms with Crippen molar-refractivity contribution in [3.63, 3.8) is 0 Å². The number of pyridine rings is 1. The van der Waals surface area contributed by atoms with Gasteiger partial charge in [0.05, 0.1) is 22.6 Å². The van der Waals surface area contributed by atoms with Crippen molar-refractivity contribution in [2.45, 2.75) is 13.8 Å². The molecule has 0 bridgehead atoms. The Morgan fingerprint density at radius 3 is 2.67 bits per heavy atom. The van der Waals surface area contributed by atoms with E-state index >= 15 is 0 Å². The summed E-state index contributed by atoms with van der Waals surface area (Å²) < 4.78 is 0.815. The summed E-state index contributed by atoms with van der Waals surface area (Å²) in [5, 5.41) is 10.2. The molecule has 0 spiro atoms. The highest BCUT2D eigenvalue weighted by molar-refractivity contribution is 6.03. The number of hydrogen-bond donors (Lipinski definition) is 2. The van der Waals surface area contributed by atoms with Gasteiger partial charge in [0.25, 0.3) is 5.56 Å². The van der Waals surface area contributed by atoms with Gasteiger partial charge in [0.1, 0.15) is 7.11 Å². The van der Waals surface area contributed by atoms with Crippen molar-refractivity contribution >= 4 is 17.1 Å². The lowest BCUT2D eigenvalue weighted by molar-refractivity contribution is 0.130. The van der Waals surface area contributed by atoms with Crippen molar-refractivity contribution in [1.29, 1.82) is 0 Å². The van der Waals surface area contributed by atoms with Gasteiger partial charge < -0.3 is 15.7 Å². The van der Waals surface area contributed by atoms with E-state index in [9.17, 15) is 9.90 Å². The Labute approximate surface area is 122 Å². The number of anilines is 1. The van der Waals surface area contributed by atoms with E-state index in [1.54, 1.807) is 26.0 Å². The number of nitrogens with zero attached hydrogens (tertiary/aromatic N) is 2. The van der Waals surface area contributed by atoms with Crippen LogP contribution in [0.5, 0.6) is 5.88 Å². The zero-order valence-electron chi connectivity index (χ0n) is 12.1. The van der Waals surface area contributed by atoms with Crippen molar-refractivity contribution in [3.8, 4) is 5.88 Å². The minimum atomic E-state index is -0.441. The second-order valence-electron chi connectivity index (χ2n) is 4.60. The molecule has 0 aliphatic heterocycles. The molecule has 3 N–H and O–H groups in total. The van der Waals surface area contributed by atoms with Gasteiger partial charge in [0.15, 0.2) is 0 Å². The van der Waals surface area contributed by atoms with Crippen LogP contribution in [0.3, 0.4) is 0 Å². The van der Waals surface area contributed by atoms with E-state index in [-0.39, 0.29) is 5.88 Å². The number of aromatic nitrogens is 1. The smallest absolute Gasteiger partial charge is 0.286 e. The summed E-state index contributed by atoms with van der Waals surface area (Å²) in [4.78, 5) is 21.0. The predicted molar refractivity (Wildman–Crippen MR) is 82.3 cm³/mol. The first-order chi connectivity index (χ1) is 9.95. The Kier molecular flexibility index (Phi) is 3.98. The highest BCUT2D eigenvalue weighted by atomic mass is 16.7. The number of aryl methyl sites for hydroxylation is 1. The maximum absolute atomic E-state index is 11.7. The fraction of sp³-hybridized carbons (Fsp3) is 0.200. The van der Waals surface area contributed by atoms with E-state index in [4.69, 9.17) is 10.6 Å². The minimum absolute atomic E-state index is 0.279. The SMILES string of the molecule is COn1c(O)c(C(C)=Nc2ccccc2N)c(C)cc1=O. The maximum atomic E-state index is 11.7. The normalized spacial score (nSPS) is 11.5. The van der Waals surface area contributed by atoms with Gasteiger partial charge in [-0.1, -0.05) is 12.1 Å². The Morgan fingerprint density at radius 2 is 2.05 bits per heavy atom. The van der Waals surface area contributed by atoms with Gasteiger partial charge in [-0.3, -0.25) is 9.79 Å². The molecule has 0 saturated carbocycles. The number of rotatable bonds is 3. The standard InChI is InChI=1S/C15H17N3O3/c1-9-8-13(19)18(21-3)15(20)14(9)10(2)17-12-7-5-4-6-11(12)16/h4-8,20H,16H2,1-3H3. The Bertz CT molecular complexity index is 763. The molecule has 1 heterocycles. The number of aliphatic imine (C=N–C) groups is 1. The van der Waals surface area contributed by atoms with Gasteiger partial charge in [0.2, 0.25) is 5.88 Å². The van der Waals surface area contributed by atoms with Crippen molar-refractivity contribution in [2.24, 2.45) is 4.99 Å². The Balaban J connectivity index is 2.62. The highest BCUT2D eigenvalue weighted by Crippen LogP contribution is 2.25. The van der Waals surface area contributed by atoms with Crippen LogP contribution in [-0.2, 0) is 0 Å². The number of aromatic hydroxyl groups is 1. The molecule has 2 rings (SSSR count). The van der Waals surface area contributed by atoms with Crippen molar-refractivity contribution in [2.75, 3.05) is 12.8 Å². The van der Waals surface area contributed by atoms with Gasteiger partial charge in [-0.15, -0.1) is 4.73 Å². The molecule has 110 valence electrons. The van der Waals surface area contributed by atoms with Crippen molar-refractivity contribution < 1.29 is 9.94 Å². The first kappa shape index (κ1) is 14.6.